The summed E-state index contributed by atoms with van der Waals surface area (Å²) in [7, 11) is -4.86. The van der Waals surface area contributed by atoms with Gasteiger partial charge in [0, 0.05) is 0 Å². The van der Waals surface area contributed by atoms with E-state index < -0.39 is 46.4 Å². The van der Waals surface area contributed by atoms with Crippen LogP contribution >= 0.6 is 0 Å². The molecule has 0 saturated heterocycles. The standard InChI is InChI=1S/C6H14O9Si/c7-1-3(8)5(10)6(11)4(9)2-15-16(12,13)14/h3,5-8,10-14H,1-2H2/t3-,5-,6-/m1/s1. The van der Waals surface area contributed by atoms with E-state index in [9.17, 15) is 4.79 Å². The third-order valence-corrected chi connectivity index (χ3v) is 2.17. The highest BCUT2D eigenvalue weighted by Crippen LogP contribution is 2.02. The molecule has 7 N–H and O–H groups in total. The van der Waals surface area contributed by atoms with Gasteiger partial charge in [0.25, 0.3) is 0 Å². The van der Waals surface area contributed by atoms with E-state index in [2.05, 4.69) is 4.43 Å². The molecule has 0 heterocycles. The minimum Gasteiger partial charge on any atom is -0.394 e. The van der Waals surface area contributed by atoms with E-state index >= 15 is 0 Å². The van der Waals surface area contributed by atoms with Crippen LogP contribution in [0.5, 0.6) is 0 Å². The number of aliphatic hydroxyl groups is 4. The number of carbonyl (C=O) groups is 1. The number of carbonyl (C=O) groups excluding carboxylic acids is 1. The number of rotatable bonds is 7. The van der Waals surface area contributed by atoms with E-state index in [0.29, 0.717) is 0 Å². The molecule has 10 heteroatoms. The molecule has 0 aromatic heterocycles. The van der Waals surface area contributed by atoms with Gasteiger partial charge in [-0.05, 0) is 0 Å². The first kappa shape index (κ1) is 15.6. The van der Waals surface area contributed by atoms with Crippen molar-refractivity contribution in [3.05, 3.63) is 0 Å². The van der Waals surface area contributed by atoms with Gasteiger partial charge in [-0.15, -0.1) is 0 Å². The molecule has 9 nitrogen and oxygen atoms in total. The summed E-state index contributed by atoms with van der Waals surface area (Å²) in [4.78, 5) is 36.2. The second kappa shape index (κ2) is 6.34. The molecule has 96 valence electrons. The summed E-state index contributed by atoms with van der Waals surface area (Å²) in [5.41, 5.74) is 0. The second-order valence-corrected chi connectivity index (χ2v) is 4.45. The van der Waals surface area contributed by atoms with E-state index in [1.54, 1.807) is 0 Å². The Morgan fingerprint density at radius 3 is 2.06 bits per heavy atom. The van der Waals surface area contributed by atoms with Crippen LogP contribution in [0.4, 0.5) is 0 Å². The summed E-state index contributed by atoms with van der Waals surface area (Å²) in [5, 5.41) is 35.5. The van der Waals surface area contributed by atoms with Gasteiger partial charge in [0.05, 0.1) is 6.61 Å². The lowest BCUT2D eigenvalue weighted by molar-refractivity contribution is -0.144. The van der Waals surface area contributed by atoms with E-state index in [0.717, 1.165) is 0 Å². The van der Waals surface area contributed by atoms with E-state index in [-0.39, 0.29) is 0 Å². The van der Waals surface area contributed by atoms with Gasteiger partial charge in [-0.25, -0.2) is 0 Å². The molecular weight excluding hydrogens is 244 g/mol. The zero-order chi connectivity index (χ0) is 12.9. The summed E-state index contributed by atoms with van der Waals surface area (Å²) in [5.74, 6) is -1.19. The highest BCUT2D eigenvalue weighted by molar-refractivity contribution is 6.48. The Labute approximate surface area is 91.3 Å². The van der Waals surface area contributed by atoms with Crippen molar-refractivity contribution in [1.82, 2.24) is 0 Å². The van der Waals surface area contributed by atoms with Gasteiger partial charge in [0.15, 0.2) is 5.78 Å². The topological polar surface area (TPSA) is 168 Å². The summed E-state index contributed by atoms with van der Waals surface area (Å²) < 4.78 is 3.92. The predicted molar refractivity (Wildman–Crippen MR) is 48.5 cm³/mol. The zero-order valence-corrected chi connectivity index (χ0v) is 9.09. The quantitative estimate of drug-likeness (QED) is 0.221. The minimum atomic E-state index is -4.86. The Hall–Kier alpha value is -0.433. The van der Waals surface area contributed by atoms with Crippen LogP contribution in [0.2, 0.25) is 0 Å². The molecule has 16 heavy (non-hydrogen) atoms. The molecule has 0 aliphatic heterocycles. The third kappa shape index (κ3) is 5.60. The van der Waals surface area contributed by atoms with Gasteiger partial charge < -0.3 is 39.2 Å². The van der Waals surface area contributed by atoms with Gasteiger partial charge in [0.1, 0.15) is 24.9 Å². The summed E-state index contributed by atoms with van der Waals surface area (Å²) >= 11 is 0. The van der Waals surface area contributed by atoms with Crippen LogP contribution in [0.1, 0.15) is 0 Å². The Kier molecular flexibility index (Phi) is 6.17. The van der Waals surface area contributed by atoms with Gasteiger partial charge in [0.2, 0.25) is 0 Å². The SMILES string of the molecule is O=C(CO[Si](O)(O)O)[C@@H](O)[C@H](O)[C@H](O)CO. The highest BCUT2D eigenvalue weighted by atomic mass is 28.4. The third-order valence-electron chi connectivity index (χ3n) is 1.64. The Morgan fingerprint density at radius 1 is 1.19 bits per heavy atom. The van der Waals surface area contributed by atoms with Crippen molar-refractivity contribution in [2.24, 2.45) is 0 Å². The van der Waals surface area contributed by atoms with Crippen molar-refractivity contribution in [3.8, 4) is 0 Å². The van der Waals surface area contributed by atoms with Crippen LogP contribution in [0.15, 0.2) is 0 Å². The lowest BCUT2D eigenvalue weighted by atomic mass is 10.1. The van der Waals surface area contributed by atoms with Crippen LogP contribution in [-0.4, -0.2) is 81.2 Å². The first-order chi connectivity index (χ1) is 7.19. The van der Waals surface area contributed by atoms with Crippen molar-refractivity contribution < 1.29 is 44.0 Å². The second-order valence-electron chi connectivity index (χ2n) is 3.01. The van der Waals surface area contributed by atoms with Crippen LogP contribution in [0.3, 0.4) is 0 Å². The first-order valence-corrected chi connectivity index (χ1v) is 5.93. The number of Topliss-reactive ketones (excluding diaryl/α,β-unsaturated/α-hetero) is 1. The Morgan fingerprint density at radius 2 is 1.69 bits per heavy atom. The maximum Gasteiger partial charge on any atom is 0.671 e. The summed E-state index contributed by atoms with van der Waals surface area (Å²) in [6.45, 7) is -1.92. The fraction of sp³-hybridized carbons (Fsp3) is 0.833. The van der Waals surface area contributed by atoms with Crippen molar-refractivity contribution >= 4 is 14.8 Å². The predicted octanol–water partition coefficient (Wildman–Crippen LogP) is -4.94. The lowest BCUT2D eigenvalue weighted by Gasteiger charge is -2.20. The monoisotopic (exact) mass is 258 g/mol. The number of hydrogen-bond donors (Lipinski definition) is 7. The largest absolute Gasteiger partial charge is 0.671 e. The molecule has 0 aliphatic carbocycles. The normalized spacial score (nSPS) is 17.9. The van der Waals surface area contributed by atoms with E-state index in [1.807, 2.05) is 0 Å². The summed E-state index contributed by atoms with van der Waals surface area (Å²) in [6.07, 6.45) is -5.73. The fourth-order valence-electron chi connectivity index (χ4n) is 0.762. The maximum absolute atomic E-state index is 11.0. The van der Waals surface area contributed by atoms with Crippen molar-refractivity contribution in [2.45, 2.75) is 18.3 Å². The lowest BCUT2D eigenvalue weighted by Crippen LogP contribution is -2.47. The van der Waals surface area contributed by atoms with Crippen molar-refractivity contribution in [2.75, 3.05) is 13.2 Å². The molecule has 0 fully saturated rings. The molecule has 3 atom stereocenters. The number of aliphatic hydroxyl groups excluding tert-OH is 4. The van der Waals surface area contributed by atoms with Crippen molar-refractivity contribution in [3.63, 3.8) is 0 Å². The van der Waals surface area contributed by atoms with Crippen LogP contribution in [0, 0.1) is 0 Å². The fourth-order valence-corrected chi connectivity index (χ4v) is 1.10. The molecular formula is C6H14O9Si. The maximum atomic E-state index is 11.0. The number of ketones is 1. The molecule has 0 aromatic rings. The van der Waals surface area contributed by atoms with Crippen LogP contribution < -0.4 is 0 Å². The average molecular weight is 258 g/mol. The smallest absolute Gasteiger partial charge is 0.394 e. The molecule has 0 aromatic carbocycles. The van der Waals surface area contributed by atoms with E-state index in [4.69, 9.17) is 34.8 Å². The molecule has 0 unspecified atom stereocenters. The molecule has 0 amide bonds. The Bertz CT molecular complexity index is 227. The van der Waals surface area contributed by atoms with Gasteiger partial charge >= 0.3 is 9.05 Å². The van der Waals surface area contributed by atoms with E-state index in [1.165, 1.54) is 0 Å². The molecule has 0 spiro atoms. The average Bonchev–Trinajstić information content (AvgIpc) is 2.21. The highest BCUT2D eigenvalue weighted by Gasteiger charge is 2.35. The van der Waals surface area contributed by atoms with Crippen molar-refractivity contribution in [1.29, 1.82) is 0 Å². The molecule has 0 rings (SSSR count). The molecule has 0 aliphatic rings. The molecule has 0 bridgehead atoms. The Balaban J connectivity index is 4.18. The van der Waals surface area contributed by atoms with Crippen LogP contribution in [0.25, 0.3) is 0 Å². The number of hydrogen-bond acceptors (Lipinski definition) is 9. The first-order valence-electron chi connectivity index (χ1n) is 4.18. The zero-order valence-electron chi connectivity index (χ0n) is 8.09. The van der Waals surface area contributed by atoms with Gasteiger partial charge in [-0.3, -0.25) is 4.79 Å². The van der Waals surface area contributed by atoms with Gasteiger partial charge in [-0.1, -0.05) is 0 Å². The van der Waals surface area contributed by atoms with Gasteiger partial charge in [-0.2, -0.15) is 0 Å². The molecule has 0 radical (unpaired) electrons. The van der Waals surface area contributed by atoms with Crippen LogP contribution in [-0.2, 0) is 9.22 Å². The molecule has 0 saturated carbocycles. The summed E-state index contributed by atoms with van der Waals surface area (Å²) in [6, 6.07) is 0. The minimum absolute atomic E-state index is 0.870.